The number of rotatable bonds is 6. The van der Waals surface area contributed by atoms with Crippen LogP contribution in [0, 0.1) is 0 Å². The zero-order valence-electron chi connectivity index (χ0n) is 19.9. The number of carbonyl (C=O) groups is 2. The highest BCUT2D eigenvalue weighted by Gasteiger charge is 2.39. The van der Waals surface area contributed by atoms with Crippen LogP contribution < -0.4 is 16.6 Å². The molecule has 0 aliphatic rings. The van der Waals surface area contributed by atoms with Crippen LogP contribution in [0.15, 0.2) is 52.1 Å². The molecule has 8 nitrogen and oxygen atoms in total. The monoisotopic (exact) mass is 577 g/mol. The number of nitrogens with one attached hydrogen (secondary N) is 1. The Hall–Kier alpha value is -4.07. The van der Waals surface area contributed by atoms with Gasteiger partial charge in [-0.25, -0.2) is 9.59 Å². The second-order valence-corrected chi connectivity index (χ2v) is 8.76. The van der Waals surface area contributed by atoms with Gasteiger partial charge in [-0.15, -0.1) is 0 Å². The number of halogens is 7. The molecule has 0 unspecified atom stereocenters. The highest BCUT2D eigenvalue weighted by molar-refractivity contribution is 6.34. The summed E-state index contributed by atoms with van der Waals surface area (Å²) in [7, 11) is 1.86. The van der Waals surface area contributed by atoms with Gasteiger partial charge in [-0.1, -0.05) is 41.9 Å². The standard InChI is InChI=1S/C24H18ClF6N3O5/c1-33-18(24(29,30)31)16(20(36)34(2)22(33)39)12-8-6-11(7-9-12)10-15(21(37)38)32-19(35)17-13(23(26,27)28)4-3-5-14(17)25/h3-9,15H,10H2,1-2H3,(H,32,35)(H,37,38)/t15-/m0/s1. The Morgan fingerprint density at radius 3 is 2.05 bits per heavy atom. The number of benzene rings is 2. The summed E-state index contributed by atoms with van der Waals surface area (Å²) in [5, 5.41) is 11.0. The molecule has 0 aliphatic carbocycles. The van der Waals surface area contributed by atoms with Gasteiger partial charge in [0.25, 0.3) is 11.5 Å². The SMILES string of the molecule is Cn1c(C(F)(F)F)c(-c2ccc(C[C@H](NC(=O)c3c(Cl)cccc3C(F)(F)F)C(=O)O)cc2)c(=O)n(C)c1=O. The summed E-state index contributed by atoms with van der Waals surface area (Å²) in [6.45, 7) is 0. The van der Waals surface area contributed by atoms with E-state index in [-0.39, 0.29) is 15.7 Å². The first-order chi connectivity index (χ1) is 17.9. The maximum Gasteiger partial charge on any atom is 0.432 e. The first-order valence-corrected chi connectivity index (χ1v) is 11.2. The lowest BCUT2D eigenvalue weighted by atomic mass is 9.99. The molecule has 1 atom stereocenters. The van der Waals surface area contributed by atoms with Gasteiger partial charge >= 0.3 is 24.0 Å². The zero-order chi connectivity index (χ0) is 29.4. The molecule has 0 fully saturated rings. The number of aliphatic carboxylic acids is 1. The van der Waals surface area contributed by atoms with E-state index in [0.717, 1.165) is 38.4 Å². The molecule has 3 aromatic rings. The third kappa shape index (κ3) is 6.00. The van der Waals surface area contributed by atoms with Crippen molar-refractivity contribution < 1.29 is 41.0 Å². The number of alkyl halides is 6. The number of carboxylic acid groups (broad SMARTS) is 1. The fourth-order valence-electron chi connectivity index (χ4n) is 3.90. The van der Waals surface area contributed by atoms with E-state index >= 15 is 0 Å². The maximum absolute atomic E-state index is 13.7. The van der Waals surface area contributed by atoms with Crippen LogP contribution in [-0.2, 0) is 37.7 Å². The summed E-state index contributed by atoms with van der Waals surface area (Å²) < 4.78 is 82.0. The number of carboxylic acids is 1. The minimum Gasteiger partial charge on any atom is -0.480 e. The van der Waals surface area contributed by atoms with E-state index in [4.69, 9.17) is 11.6 Å². The highest BCUT2D eigenvalue weighted by Crippen LogP contribution is 2.36. The molecule has 0 spiro atoms. The van der Waals surface area contributed by atoms with E-state index in [0.29, 0.717) is 10.6 Å². The number of hydrogen-bond acceptors (Lipinski definition) is 4. The predicted octanol–water partition coefficient (Wildman–Crippen LogP) is 3.87. The first-order valence-electron chi connectivity index (χ1n) is 10.8. The molecule has 15 heteroatoms. The Kier molecular flexibility index (Phi) is 8.01. The zero-order valence-corrected chi connectivity index (χ0v) is 20.7. The minimum atomic E-state index is -5.07. The molecule has 2 aromatic carbocycles. The van der Waals surface area contributed by atoms with E-state index in [9.17, 15) is 50.6 Å². The van der Waals surface area contributed by atoms with Crippen LogP contribution in [0.5, 0.6) is 0 Å². The van der Waals surface area contributed by atoms with Crippen molar-refractivity contribution in [2.75, 3.05) is 0 Å². The van der Waals surface area contributed by atoms with E-state index in [1.807, 2.05) is 5.32 Å². The molecule has 0 aliphatic heterocycles. The van der Waals surface area contributed by atoms with Crippen molar-refractivity contribution in [3.05, 3.63) is 90.7 Å². The average Bonchev–Trinajstić information content (AvgIpc) is 2.83. The van der Waals surface area contributed by atoms with Crippen molar-refractivity contribution >= 4 is 23.5 Å². The number of carbonyl (C=O) groups excluding carboxylic acids is 1. The third-order valence-corrected chi connectivity index (χ3v) is 6.08. The topological polar surface area (TPSA) is 110 Å². The summed E-state index contributed by atoms with van der Waals surface area (Å²) in [6, 6.07) is 5.38. The Morgan fingerprint density at radius 1 is 0.949 bits per heavy atom. The molecular formula is C24H18ClF6N3O5. The van der Waals surface area contributed by atoms with Crippen molar-refractivity contribution in [1.29, 1.82) is 0 Å². The van der Waals surface area contributed by atoms with Gasteiger partial charge in [0.05, 0.1) is 21.7 Å². The van der Waals surface area contributed by atoms with Crippen LogP contribution in [0.2, 0.25) is 5.02 Å². The van der Waals surface area contributed by atoms with Crippen LogP contribution in [0.4, 0.5) is 26.3 Å². The Bertz CT molecular complexity index is 1560. The Balaban J connectivity index is 1.96. The van der Waals surface area contributed by atoms with Crippen LogP contribution in [0.1, 0.15) is 27.2 Å². The van der Waals surface area contributed by atoms with Gasteiger partial charge in [0, 0.05) is 20.5 Å². The maximum atomic E-state index is 13.7. The second kappa shape index (κ2) is 10.6. The fourth-order valence-corrected chi connectivity index (χ4v) is 4.16. The fraction of sp³-hybridized carbons (Fsp3) is 0.250. The summed E-state index contributed by atoms with van der Waals surface area (Å²) in [6.07, 6.45) is -10.5. The molecule has 39 heavy (non-hydrogen) atoms. The van der Waals surface area contributed by atoms with Crippen molar-refractivity contribution in [2.24, 2.45) is 14.1 Å². The molecule has 0 radical (unpaired) electrons. The van der Waals surface area contributed by atoms with Gasteiger partial charge < -0.3 is 10.4 Å². The summed E-state index contributed by atoms with van der Waals surface area (Å²) in [4.78, 5) is 49.0. The molecule has 0 bridgehead atoms. The van der Waals surface area contributed by atoms with Gasteiger partial charge in [0.1, 0.15) is 11.7 Å². The van der Waals surface area contributed by atoms with Gasteiger partial charge in [-0.05, 0) is 23.3 Å². The smallest absolute Gasteiger partial charge is 0.432 e. The number of hydrogen-bond donors (Lipinski definition) is 2. The lowest BCUT2D eigenvalue weighted by Crippen LogP contribution is -2.43. The lowest BCUT2D eigenvalue weighted by Gasteiger charge is -2.19. The first kappa shape index (κ1) is 29.5. The van der Waals surface area contributed by atoms with Gasteiger partial charge in [-0.3, -0.25) is 18.7 Å². The molecule has 0 saturated heterocycles. The molecule has 1 amide bonds. The third-order valence-electron chi connectivity index (χ3n) is 5.77. The highest BCUT2D eigenvalue weighted by atomic mass is 35.5. The van der Waals surface area contributed by atoms with E-state index in [1.54, 1.807) is 0 Å². The van der Waals surface area contributed by atoms with Crippen LogP contribution in [-0.4, -0.2) is 32.2 Å². The Labute approximate surface area is 220 Å². The van der Waals surface area contributed by atoms with Gasteiger partial charge in [-0.2, -0.15) is 26.3 Å². The molecule has 1 heterocycles. The van der Waals surface area contributed by atoms with Gasteiger partial charge in [0.15, 0.2) is 0 Å². The summed E-state index contributed by atoms with van der Waals surface area (Å²) >= 11 is 5.78. The quantitative estimate of drug-likeness (QED) is 0.432. The number of nitrogens with zero attached hydrogens (tertiary/aromatic N) is 2. The lowest BCUT2D eigenvalue weighted by molar-refractivity contribution is -0.143. The average molecular weight is 578 g/mol. The molecule has 208 valence electrons. The molecule has 1 aromatic heterocycles. The molecular weight excluding hydrogens is 560 g/mol. The summed E-state index contributed by atoms with van der Waals surface area (Å²) in [5.41, 5.74) is -7.15. The molecule has 2 N–H and O–H groups in total. The van der Waals surface area contributed by atoms with Crippen LogP contribution >= 0.6 is 11.6 Å². The predicted molar refractivity (Wildman–Crippen MR) is 126 cm³/mol. The van der Waals surface area contributed by atoms with E-state index < -0.39 is 75.3 Å². The minimum absolute atomic E-state index is 0.150. The van der Waals surface area contributed by atoms with Crippen molar-refractivity contribution in [1.82, 2.24) is 14.5 Å². The van der Waals surface area contributed by atoms with Crippen molar-refractivity contribution in [3.8, 4) is 11.1 Å². The number of aromatic nitrogens is 2. The van der Waals surface area contributed by atoms with Crippen molar-refractivity contribution in [3.63, 3.8) is 0 Å². The largest absolute Gasteiger partial charge is 0.480 e. The Morgan fingerprint density at radius 2 is 1.54 bits per heavy atom. The summed E-state index contributed by atoms with van der Waals surface area (Å²) in [5.74, 6) is -3.01. The second-order valence-electron chi connectivity index (χ2n) is 8.35. The molecule has 3 rings (SSSR count). The van der Waals surface area contributed by atoms with E-state index in [1.165, 1.54) is 12.1 Å². The van der Waals surface area contributed by atoms with Crippen LogP contribution in [0.3, 0.4) is 0 Å². The normalized spacial score (nSPS) is 12.7. The number of amides is 1. The van der Waals surface area contributed by atoms with Crippen LogP contribution in [0.25, 0.3) is 11.1 Å². The van der Waals surface area contributed by atoms with E-state index in [2.05, 4.69) is 0 Å². The van der Waals surface area contributed by atoms with Crippen molar-refractivity contribution in [2.45, 2.75) is 24.8 Å². The molecule has 0 saturated carbocycles. The van der Waals surface area contributed by atoms with Gasteiger partial charge in [0.2, 0.25) is 0 Å².